The highest BCUT2D eigenvalue weighted by atomic mass is 16.7. The van der Waals surface area contributed by atoms with Crippen LogP contribution in [0.4, 0.5) is 0 Å². The van der Waals surface area contributed by atoms with Gasteiger partial charge in [-0.3, -0.25) is 0 Å². The summed E-state index contributed by atoms with van der Waals surface area (Å²) in [4.78, 5) is 0. The molecular formula is C14H28O3. The third kappa shape index (κ3) is 4.94. The summed E-state index contributed by atoms with van der Waals surface area (Å²) in [6, 6.07) is 0. The third-order valence-electron chi connectivity index (χ3n) is 3.47. The number of rotatable bonds is 2. The molecule has 0 amide bonds. The lowest BCUT2D eigenvalue weighted by Crippen LogP contribution is -2.39. The second-order valence-electron chi connectivity index (χ2n) is 4.95. The molecule has 2 fully saturated rings. The number of ether oxygens (including phenoxy) is 3. The van der Waals surface area contributed by atoms with Gasteiger partial charge in [0.15, 0.2) is 6.29 Å². The van der Waals surface area contributed by atoms with E-state index in [1.165, 1.54) is 0 Å². The predicted molar refractivity (Wildman–Crippen MR) is 69.0 cm³/mol. The van der Waals surface area contributed by atoms with Crippen LogP contribution in [0.1, 0.15) is 47.0 Å². The maximum atomic E-state index is 5.97. The smallest absolute Gasteiger partial charge is 0.158 e. The molecule has 102 valence electrons. The molecule has 0 radical (unpaired) electrons. The zero-order valence-corrected chi connectivity index (χ0v) is 11.8. The van der Waals surface area contributed by atoms with Crippen molar-refractivity contribution in [3.63, 3.8) is 0 Å². The van der Waals surface area contributed by atoms with Crippen molar-refractivity contribution >= 4 is 0 Å². The van der Waals surface area contributed by atoms with Crippen molar-refractivity contribution in [2.45, 2.75) is 59.4 Å². The first kappa shape index (κ1) is 14.9. The topological polar surface area (TPSA) is 27.7 Å². The van der Waals surface area contributed by atoms with Crippen molar-refractivity contribution in [2.24, 2.45) is 11.8 Å². The van der Waals surface area contributed by atoms with Gasteiger partial charge < -0.3 is 14.2 Å². The van der Waals surface area contributed by atoms with Crippen LogP contribution in [-0.2, 0) is 14.2 Å². The van der Waals surface area contributed by atoms with Crippen LogP contribution in [0.2, 0.25) is 0 Å². The van der Waals surface area contributed by atoms with Gasteiger partial charge in [-0.15, -0.1) is 0 Å². The lowest BCUT2D eigenvalue weighted by molar-refractivity contribution is -0.223. The SMILES string of the molecule is CC.CC1CCOC(OC2COCCC2C)C1. The lowest BCUT2D eigenvalue weighted by atomic mass is 9.99. The van der Waals surface area contributed by atoms with E-state index in [2.05, 4.69) is 13.8 Å². The minimum atomic E-state index is 0.00269. The van der Waals surface area contributed by atoms with E-state index in [1.807, 2.05) is 13.8 Å². The van der Waals surface area contributed by atoms with Crippen molar-refractivity contribution in [3.05, 3.63) is 0 Å². The van der Waals surface area contributed by atoms with Gasteiger partial charge in [-0.25, -0.2) is 0 Å². The van der Waals surface area contributed by atoms with E-state index >= 15 is 0 Å². The summed E-state index contributed by atoms with van der Waals surface area (Å²) in [6.07, 6.45) is 3.53. The predicted octanol–water partition coefficient (Wildman–Crippen LogP) is 3.23. The molecule has 2 saturated heterocycles. The summed E-state index contributed by atoms with van der Waals surface area (Å²) in [5.41, 5.74) is 0. The molecule has 2 heterocycles. The minimum Gasteiger partial charge on any atom is -0.379 e. The second-order valence-corrected chi connectivity index (χ2v) is 4.95. The summed E-state index contributed by atoms with van der Waals surface area (Å²) < 4.78 is 17.0. The van der Waals surface area contributed by atoms with Crippen LogP contribution in [0.25, 0.3) is 0 Å². The fourth-order valence-corrected chi connectivity index (χ4v) is 2.20. The minimum absolute atomic E-state index is 0.00269. The molecule has 0 aromatic rings. The van der Waals surface area contributed by atoms with Crippen LogP contribution in [0.3, 0.4) is 0 Å². The first-order valence-corrected chi connectivity index (χ1v) is 7.10. The molecule has 0 aromatic carbocycles. The van der Waals surface area contributed by atoms with Crippen LogP contribution in [-0.4, -0.2) is 32.2 Å². The Kier molecular flexibility index (Phi) is 7.09. The van der Waals surface area contributed by atoms with E-state index in [-0.39, 0.29) is 12.4 Å². The van der Waals surface area contributed by atoms with Gasteiger partial charge in [0, 0.05) is 19.6 Å². The molecule has 2 rings (SSSR count). The molecule has 0 spiro atoms. The maximum absolute atomic E-state index is 5.97. The largest absolute Gasteiger partial charge is 0.379 e. The van der Waals surface area contributed by atoms with Gasteiger partial charge in [0.2, 0.25) is 0 Å². The highest BCUT2D eigenvalue weighted by Crippen LogP contribution is 2.25. The summed E-state index contributed by atoms with van der Waals surface area (Å²) in [7, 11) is 0. The molecule has 3 heteroatoms. The molecule has 0 saturated carbocycles. The fraction of sp³-hybridized carbons (Fsp3) is 1.00. The molecular weight excluding hydrogens is 216 g/mol. The first-order chi connectivity index (χ1) is 8.25. The molecule has 2 aliphatic heterocycles. The summed E-state index contributed by atoms with van der Waals surface area (Å²) in [5, 5.41) is 0. The maximum Gasteiger partial charge on any atom is 0.158 e. The van der Waals surface area contributed by atoms with Gasteiger partial charge in [0.05, 0.1) is 12.7 Å². The van der Waals surface area contributed by atoms with Crippen LogP contribution < -0.4 is 0 Å². The second kappa shape index (κ2) is 8.06. The monoisotopic (exact) mass is 244 g/mol. The Hall–Kier alpha value is -0.120. The van der Waals surface area contributed by atoms with Crippen LogP contribution in [0.5, 0.6) is 0 Å². The van der Waals surface area contributed by atoms with Gasteiger partial charge in [0.25, 0.3) is 0 Å². The van der Waals surface area contributed by atoms with E-state index in [9.17, 15) is 0 Å². The van der Waals surface area contributed by atoms with Gasteiger partial charge in [-0.1, -0.05) is 27.7 Å². The Balaban J connectivity index is 0.000000686. The standard InChI is InChI=1S/C12H22O3.C2H6/c1-9-3-6-14-12(7-9)15-11-8-13-5-4-10(11)2;1-2/h9-12H,3-8H2,1-2H3;1-2H3. The highest BCUT2D eigenvalue weighted by Gasteiger charge is 2.28. The average molecular weight is 244 g/mol. The zero-order chi connectivity index (χ0) is 12.7. The Bertz CT molecular complexity index is 196. The third-order valence-corrected chi connectivity index (χ3v) is 3.47. The Morgan fingerprint density at radius 2 is 1.82 bits per heavy atom. The molecule has 0 N–H and O–H groups in total. The van der Waals surface area contributed by atoms with Gasteiger partial charge in [0.1, 0.15) is 0 Å². The fourth-order valence-electron chi connectivity index (χ4n) is 2.20. The van der Waals surface area contributed by atoms with Gasteiger partial charge >= 0.3 is 0 Å². The molecule has 2 aliphatic rings. The van der Waals surface area contributed by atoms with Crippen LogP contribution in [0, 0.1) is 11.8 Å². The summed E-state index contributed by atoms with van der Waals surface area (Å²) in [5.74, 6) is 1.32. The van der Waals surface area contributed by atoms with Crippen molar-refractivity contribution in [2.75, 3.05) is 19.8 Å². The van der Waals surface area contributed by atoms with Crippen molar-refractivity contribution < 1.29 is 14.2 Å². The van der Waals surface area contributed by atoms with E-state index in [0.29, 0.717) is 5.92 Å². The number of hydrogen-bond donors (Lipinski definition) is 0. The van der Waals surface area contributed by atoms with Gasteiger partial charge in [-0.2, -0.15) is 0 Å². The zero-order valence-electron chi connectivity index (χ0n) is 11.8. The molecule has 4 atom stereocenters. The molecule has 4 unspecified atom stereocenters. The van der Waals surface area contributed by atoms with Crippen molar-refractivity contribution in [1.29, 1.82) is 0 Å². The normalized spacial score (nSPS) is 38.1. The lowest BCUT2D eigenvalue weighted by Gasteiger charge is -2.35. The highest BCUT2D eigenvalue weighted by molar-refractivity contribution is 4.72. The molecule has 0 bridgehead atoms. The summed E-state index contributed by atoms with van der Waals surface area (Å²) >= 11 is 0. The Morgan fingerprint density at radius 3 is 2.47 bits per heavy atom. The van der Waals surface area contributed by atoms with E-state index in [4.69, 9.17) is 14.2 Å². The summed E-state index contributed by atoms with van der Waals surface area (Å²) in [6.45, 7) is 10.9. The Morgan fingerprint density at radius 1 is 1.06 bits per heavy atom. The molecule has 0 aliphatic carbocycles. The van der Waals surface area contributed by atoms with Crippen molar-refractivity contribution in [1.82, 2.24) is 0 Å². The van der Waals surface area contributed by atoms with E-state index in [1.54, 1.807) is 0 Å². The molecule has 0 aromatic heterocycles. The molecule has 3 nitrogen and oxygen atoms in total. The van der Waals surface area contributed by atoms with Crippen molar-refractivity contribution in [3.8, 4) is 0 Å². The van der Waals surface area contributed by atoms with E-state index in [0.717, 1.165) is 45.0 Å². The quantitative estimate of drug-likeness (QED) is 0.746. The number of hydrogen-bond acceptors (Lipinski definition) is 3. The first-order valence-electron chi connectivity index (χ1n) is 7.10. The average Bonchev–Trinajstić information content (AvgIpc) is 2.35. The van der Waals surface area contributed by atoms with Crippen LogP contribution in [0.15, 0.2) is 0 Å². The molecule has 17 heavy (non-hydrogen) atoms. The Labute approximate surface area is 106 Å². The van der Waals surface area contributed by atoms with Gasteiger partial charge in [-0.05, 0) is 24.7 Å². The van der Waals surface area contributed by atoms with Crippen LogP contribution >= 0.6 is 0 Å². The van der Waals surface area contributed by atoms with E-state index < -0.39 is 0 Å².